The Morgan fingerprint density at radius 3 is 2.08 bits per heavy atom. The largest absolute Gasteiger partial charge is 0.192 e. The molecule has 0 N–H and O–H groups in total. The van der Waals surface area contributed by atoms with Gasteiger partial charge in [-0.25, -0.2) is 0 Å². The molecule has 3 rings (SSSR count). The zero-order valence-corrected chi connectivity index (χ0v) is 14.9. The zero-order chi connectivity index (χ0) is 18.8. The van der Waals surface area contributed by atoms with Crippen LogP contribution in [0.2, 0.25) is 0 Å². The van der Waals surface area contributed by atoms with Gasteiger partial charge >= 0.3 is 0 Å². The molecule has 0 heterocycles. The van der Waals surface area contributed by atoms with E-state index in [1.54, 1.807) is 0 Å². The molecule has 0 aromatic heterocycles. The predicted molar refractivity (Wildman–Crippen MR) is 96.4 cm³/mol. The van der Waals surface area contributed by atoms with Crippen LogP contribution in [0.15, 0.2) is 57.2 Å². The van der Waals surface area contributed by atoms with Gasteiger partial charge in [0.15, 0.2) is 0 Å². The minimum atomic E-state index is 0.134. The minimum absolute atomic E-state index is 0.134. The van der Waals surface area contributed by atoms with Gasteiger partial charge in [-0.15, -0.1) is 0 Å². The summed E-state index contributed by atoms with van der Waals surface area (Å²) >= 11 is 0. The average molecular weight is 338 g/mol. The van der Waals surface area contributed by atoms with Crippen LogP contribution in [0.5, 0.6) is 0 Å². The maximum atomic E-state index is 9.37. The molecule has 0 radical (unpaired) electrons. The lowest BCUT2D eigenvalue weighted by atomic mass is 9.65. The van der Waals surface area contributed by atoms with E-state index in [9.17, 15) is 21.0 Å². The van der Waals surface area contributed by atoms with Crippen molar-refractivity contribution in [1.82, 2.24) is 0 Å². The molecular formula is C22H18N4. The lowest BCUT2D eigenvalue weighted by Gasteiger charge is -2.39. The van der Waals surface area contributed by atoms with Crippen molar-refractivity contribution in [1.29, 1.82) is 21.0 Å². The second-order valence-electron chi connectivity index (χ2n) is 7.03. The highest BCUT2D eigenvalue weighted by Gasteiger charge is 2.36. The third-order valence-electron chi connectivity index (χ3n) is 5.72. The Bertz CT molecular complexity index is 955. The second kappa shape index (κ2) is 6.88. The third-order valence-corrected chi connectivity index (χ3v) is 5.72. The van der Waals surface area contributed by atoms with Gasteiger partial charge in [0, 0.05) is 0 Å². The van der Waals surface area contributed by atoms with Gasteiger partial charge in [0.25, 0.3) is 0 Å². The SMILES string of the molecule is CC1C=CC(C)C2CC3=C(C=C12)C(=C(C#N)C#N)CCC3=C(C#N)C#N. The lowest BCUT2D eigenvalue weighted by molar-refractivity contribution is 0.424. The van der Waals surface area contributed by atoms with E-state index in [0.29, 0.717) is 30.6 Å². The van der Waals surface area contributed by atoms with Gasteiger partial charge in [-0.2, -0.15) is 21.0 Å². The van der Waals surface area contributed by atoms with E-state index >= 15 is 0 Å². The Labute approximate surface area is 154 Å². The summed E-state index contributed by atoms with van der Waals surface area (Å²) in [6.07, 6.45) is 8.31. The fraction of sp³-hybridized carbons (Fsp3) is 0.364. The van der Waals surface area contributed by atoms with E-state index in [1.165, 1.54) is 5.57 Å². The Balaban J connectivity index is 2.30. The number of nitriles is 4. The Kier molecular flexibility index (Phi) is 4.63. The highest BCUT2D eigenvalue weighted by Crippen LogP contribution is 2.49. The maximum Gasteiger partial charge on any atom is 0.133 e. The van der Waals surface area contributed by atoms with Crippen LogP contribution in [0, 0.1) is 63.1 Å². The fourth-order valence-corrected chi connectivity index (χ4v) is 4.30. The van der Waals surface area contributed by atoms with E-state index in [-0.39, 0.29) is 11.1 Å². The first-order valence-corrected chi connectivity index (χ1v) is 8.76. The highest BCUT2D eigenvalue weighted by atomic mass is 14.4. The summed E-state index contributed by atoms with van der Waals surface area (Å²) in [6.45, 7) is 4.34. The monoisotopic (exact) mass is 338 g/mol. The first kappa shape index (κ1) is 17.5. The molecule has 26 heavy (non-hydrogen) atoms. The van der Waals surface area contributed by atoms with Crippen molar-refractivity contribution in [3.05, 3.63) is 57.2 Å². The number of hydrogen-bond donors (Lipinski definition) is 0. The van der Waals surface area contributed by atoms with Crippen LogP contribution in [0.4, 0.5) is 0 Å². The molecule has 0 aromatic rings. The van der Waals surface area contributed by atoms with Crippen molar-refractivity contribution in [2.75, 3.05) is 0 Å². The molecule has 0 fully saturated rings. The molecule has 3 aliphatic rings. The molecule has 3 unspecified atom stereocenters. The number of rotatable bonds is 0. The van der Waals surface area contributed by atoms with Gasteiger partial charge < -0.3 is 0 Å². The van der Waals surface area contributed by atoms with Crippen LogP contribution in [0.3, 0.4) is 0 Å². The first-order valence-electron chi connectivity index (χ1n) is 8.76. The predicted octanol–water partition coefficient (Wildman–Crippen LogP) is 4.55. The second-order valence-corrected chi connectivity index (χ2v) is 7.03. The van der Waals surface area contributed by atoms with Gasteiger partial charge in [-0.1, -0.05) is 37.6 Å². The van der Waals surface area contributed by atoms with E-state index in [4.69, 9.17) is 0 Å². The Hall–Kier alpha value is -3.34. The van der Waals surface area contributed by atoms with Gasteiger partial charge in [0.05, 0.1) is 0 Å². The molecule has 3 atom stereocenters. The summed E-state index contributed by atoms with van der Waals surface area (Å²) < 4.78 is 0. The molecule has 0 saturated heterocycles. The summed E-state index contributed by atoms with van der Waals surface area (Å²) in [4.78, 5) is 0. The molecule has 126 valence electrons. The third kappa shape index (κ3) is 2.67. The number of hydrogen-bond acceptors (Lipinski definition) is 4. The molecule has 0 aliphatic heterocycles. The molecule has 0 spiro atoms. The minimum Gasteiger partial charge on any atom is -0.192 e. The molecule has 0 bridgehead atoms. The van der Waals surface area contributed by atoms with Crippen molar-refractivity contribution in [2.45, 2.75) is 33.1 Å². The average Bonchev–Trinajstić information content (AvgIpc) is 2.67. The number of allylic oxidation sites excluding steroid dienone is 10. The normalized spacial score (nSPS) is 26.4. The molecular weight excluding hydrogens is 320 g/mol. The van der Waals surface area contributed by atoms with Crippen molar-refractivity contribution in [2.24, 2.45) is 17.8 Å². The maximum absolute atomic E-state index is 9.37. The van der Waals surface area contributed by atoms with Crippen LogP contribution in [-0.4, -0.2) is 0 Å². The summed E-state index contributed by atoms with van der Waals surface area (Å²) in [6, 6.07) is 8.07. The molecule has 4 heteroatoms. The molecule has 4 nitrogen and oxygen atoms in total. The van der Waals surface area contributed by atoms with Crippen molar-refractivity contribution >= 4 is 0 Å². The zero-order valence-electron chi connectivity index (χ0n) is 14.9. The fourth-order valence-electron chi connectivity index (χ4n) is 4.30. The molecule has 3 aliphatic carbocycles. The van der Waals surface area contributed by atoms with Crippen molar-refractivity contribution in [3.8, 4) is 24.3 Å². The van der Waals surface area contributed by atoms with E-state index in [0.717, 1.165) is 28.7 Å². The summed E-state index contributed by atoms with van der Waals surface area (Å²) in [7, 11) is 0. The van der Waals surface area contributed by atoms with Gasteiger partial charge in [0.1, 0.15) is 35.4 Å². The van der Waals surface area contributed by atoms with Crippen LogP contribution in [-0.2, 0) is 0 Å². The van der Waals surface area contributed by atoms with Gasteiger partial charge in [-0.05, 0) is 59.3 Å². The topological polar surface area (TPSA) is 95.2 Å². The molecule has 0 aromatic carbocycles. The van der Waals surface area contributed by atoms with Crippen LogP contribution in [0.1, 0.15) is 33.1 Å². The number of nitrogens with zero attached hydrogens (tertiary/aromatic N) is 4. The summed E-state index contributed by atoms with van der Waals surface area (Å²) in [5.74, 6) is 1.01. The van der Waals surface area contributed by atoms with Gasteiger partial charge in [-0.3, -0.25) is 0 Å². The van der Waals surface area contributed by atoms with Crippen molar-refractivity contribution in [3.63, 3.8) is 0 Å². The van der Waals surface area contributed by atoms with Crippen LogP contribution >= 0.6 is 0 Å². The molecule has 0 saturated carbocycles. The van der Waals surface area contributed by atoms with Gasteiger partial charge in [0.2, 0.25) is 0 Å². The smallest absolute Gasteiger partial charge is 0.133 e. The lowest BCUT2D eigenvalue weighted by Crippen LogP contribution is -2.26. The Morgan fingerprint density at radius 1 is 0.885 bits per heavy atom. The van der Waals surface area contributed by atoms with Crippen molar-refractivity contribution < 1.29 is 0 Å². The van der Waals surface area contributed by atoms with E-state index < -0.39 is 0 Å². The van der Waals surface area contributed by atoms with Crippen LogP contribution < -0.4 is 0 Å². The first-order chi connectivity index (χ1) is 12.5. The Morgan fingerprint density at radius 2 is 1.46 bits per heavy atom. The van der Waals surface area contributed by atoms with Crippen LogP contribution in [0.25, 0.3) is 0 Å². The quantitative estimate of drug-likeness (QED) is 0.478. The molecule has 0 amide bonds. The summed E-state index contributed by atoms with van der Waals surface area (Å²) in [5.41, 5.74) is 4.98. The standard InChI is InChI=1S/C22H18N4/c1-13-3-4-14(2)20-8-22-18(16(11-25)12-26)6-5-17(15(9-23)10-24)21(22)7-19(13)20/h3-4,7,13-14,20H,5-6,8H2,1-2H3. The van der Waals surface area contributed by atoms with E-state index in [2.05, 4.69) is 32.1 Å². The number of fused-ring (bicyclic) bond motifs is 1. The van der Waals surface area contributed by atoms with E-state index in [1.807, 2.05) is 24.3 Å². The summed E-state index contributed by atoms with van der Waals surface area (Å²) in [5, 5.41) is 37.5. The highest BCUT2D eigenvalue weighted by molar-refractivity contribution is 5.65.